The molecule has 0 saturated heterocycles. The molecule has 2 aliphatic rings. The SMILES string of the molecule is N[C@@H](Cc1ccccc1)c1nc(C2CC3CCC2C3)no1. The summed E-state index contributed by atoms with van der Waals surface area (Å²) in [6, 6.07) is 10.00. The van der Waals surface area contributed by atoms with E-state index < -0.39 is 0 Å². The molecule has 0 spiro atoms. The average Bonchev–Trinajstić information content (AvgIpc) is 3.24. The second-order valence-corrected chi connectivity index (χ2v) is 6.57. The van der Waals surface area contributed by atoms with Gasteiger partial charge < -0.3 is 10.3 Å². The number of nitrogens with two attached hydrogens (primary N) is 1. The van der Waals surface area contributed by atoms with Gasteiger partial charge in [0.25, 0.3) is 0 Å². The smallest absolute Gasteiger partial charge is 0.243 e. The highest BCUT2D eigenvalue weighted by molar-refractivity contribution is 5.17. The molecule has 21 heavy (non-hydrogen) atoms. The zero-order valence-corrected chi connectivity index (χ0v) is 12.1. The lowest BCUT2D eigenvalue weighted by atomic mass is 9.88. The van der Waals surface area contributed by atoms with Gasteiger partial charge >= 0.3 is 0 Å². The molecule has 4 heteroatoms. The summed E-state index contributed by atoms with van der Waals surface area (Å²) < 4.78 is 5.43. The molecular weight excluding hydrogens is 262 g/mol. The molecule has 4 atom stereocenters. The van der Waals surface area contributed by atoms with Crippen molar-refractivity contribution in [2.24, 2.45) is 17.6 Å². The molecule has 1 heterocycles. The maximum atomic E-state index is 6.22. The number of hydrogen-bond acceptors (Lipinski definition) is 4. The highest BCUT2D eigenvalue weighted by Gasteiger charge is 2.42. The normalized spacial score (nSPS) is 28.9. The van der Waals surface area contributed by atoms with E-state index >= 15 is 0 Å². The molecule has 110 valence electrons. The van der Waals surface area contributed by atoms with Crippen molar-refractivity contribution in [2.75, 3.05) is 0 Å². The van der Waals surface area contributed by atoms with Crippen LogP contribution in [0.1, 0.15) is 54.9 Å². The fraction of sp³-hybridized carbons (Fsp3) is 0.529. The minimum absolute atomic E-state index is 0.216. The summed E-state index contributed by atoms with van der Waals surface area (Å²) in [5.41, 5.74) is 7.42. The van der Waals surface area contributed by atoms with Gasteiger partial charge in [-0.3, -0.25) is 0 Å². The van der Waals surface area contributed by atoms with E-state index in [0.717, 1.165) is 24.1 Å². The van der Waals surface area contributed by atoms with Crippen LogP contribution < -0.4 is 5.73 Å². The van der Waals surface area contributed by atoms with Crippen molar-refractivity contribution in [3.8, 4) is 0 Å². The third-order valence-corrected chi connectivity index (χ3v) is 5.14. The Labute approximate surface area is 124 Å². The zero-order valence-electron chi connectivity index (χ0n) is 12.1. The van der Waals surface area contributed by atoms with Crippen molar-refractivity contribution in [3.05, 3.63) is 47.6 Å². The van der Waals surface area contributed by atoms with Crippen LogP contribution in [-0.4, -0.2) is 10.1 Å². The molecule has 4 nitrogen and oxygen atoms in total. The third kappa shape index (κ3) is 2.48. The van der Waals surface area contributed by atoms with Gasteiger partial charge in [0.05, 0.1) is 6.04 Å². The average molecular weight is 283 g/mol. The first-order valence-electron chi connectivity index (χ1n) is 7.92. The van der Waals surface area contributed by atoms with E-state index in [1.807, 2.05) is 18.2 Å². The third-order valence-electron chi connectivity index (χ3n) is 5.14. The predicted octanol–water partition coefficient (Wildman–Crippen LogP) is 3.22. The minimum atomic E-state index is -0.216. The maximum Gasteiger partial charge on any atom is 0.243 e. The monoisotopic (exact) mass is 283 g/mol. The lowest BCUT2D eigenvalue weighted by molar-refractivity contribution is 0.337. The Bertz CT molecular complexity index is 610. The van der Waals surface area contributed by atoms with Gasteiger partial charge in [-0.25, -0.2) is 0 Å². The van der Waals surface area contributed by atoms with Crippen LogP contribution in [0.15, 0.2) is 34.9 Å². The largest absolute Gasteiger partial charge is 0.338 e. The van der Waals surface area contributed by atoms with Crippen molar-refractivity contribution < 1.29 is 4.52 Å². The van der Waals surface area contributed by atoms with Crippen molar-refractivity contribution in [2.45, 2.75) is 44.1 Å². The first kappa shape index (κ1) is 13.0. The van der Waals surface area contributed by atoms with Crippen LogP contribution in [0.4, 0.5) is 0 Å². The minimum Gasteiger partial charge on any atom is -0.338 e. The molecule has 1 aromatic carbocycles. The Morgan fingerprint density at radius 1 is 1.19 bits per heavy atom. The van der Waals surface area contributed by atoms with Gasteiger partial charge in [-0.1, -0.05) is 41.9 Å². The van der Waals surface area contributed by atoms with Crippen LogP contribution >= 0.6 is 0 Å². The first-order valence-corrected chi connectivity index (χ1v) is 7.92. The molecule has 2 aliphatic carbocycles. The number of fused-ring (bicyclic) bond motifs is 2. The van der Waals surface area contributed by atoms with Crippen LogP contribution in [0.5, 0.6) is 0 Å². The zero-order chi connectivity index (χ0) is 14.2. The van der Waals surface area contributed by atoms with Gasteiger partial charge in [-0.15, -0.1) is 0 Å². The van der Waals surface area contributed by atoms with E-state index in [1.165, 1.54) is 31.2 Å². The summed E-state index contributed by atoms with van der Waals surface area (Å²) in [4.78, 5) is 4.60. The van der Waals surface area contributed by atoms with Gasteiger partial charge in [0.2, 0.25) is 5.89 Å². The number of hydrogen-bond donors (Lipinski definition) is 1. The van der Waals surface area contributed by atoms with Crippen molar-refractivity contribution >= 4 is 0 Å². The molecule has 2 N–H and O–H groups in total. The Hall–Kier alpha value is -1.68. The molecule has 2 aromatic rings. The lowest BCUT2D eigenvalue weighted by Gasteiger charge is -2.17. The van der Waals surface area contributed by atoms with Gasteiger partial charge in [0.15, 0.2) is 5.82 Å². The summed E-state index contributed by atoms with van der Waals surface area (Å²) in [5, 5.41) is 4.21. The van der Waals surface area contributed by atoms with Gasteiger partial charge in [-0.2, -0.15) is 4.98 Å². The van der Waals surface area contributed by atoms with Gasteiger partial charge in [0, 0.05) is 5.92 Å². The number of nitrogens with zero attached hydrogens (tertiary/aromatic N) is 2. The second kappa shape index (κ2) is 5.26. The van der Waals surface area contributed by atoms with Crippen molar-refractivity contribution in [3.63, 3.8) is 0 Å². The number of aromatic nitrogens is 2. The van der Waals surface area contributed by atoms with Crippen molar-refractivity contribution in [1.82, 2.24) is 10.1 Å². The number of rotatable bonds is 4. The maximum absolute atomic E-state index is 6.22. The van der Waals surface area contributed by atoms with Crippen LogP contribution in [0.2, 0.25) is 0 Å². The Balaban J connectivity index is 1.47. The molecule has 3 unspecified atom stereocenters. The summed E-state index contributed by atoms with van der Waals surface area (Å²) in [5.74, 6) is 3.63. The predicted molar refractivity (Wildman–Crippen MR) is 79.6 cm³/mol. The van der Waals surface area contributed by atoms with Crippen LogP contribution in [0, 0.1) is 11.8 Å². The topological polar surface area (TPSA) is 64.9 Å². The van der Waals surface area contributed by atoms with Gasteiger partial charge in [-0.05, 0) is 43.1 Å². The van der Waals surface area contributed by atoms with E-state index in [1.54, 1.807) is 0 Å². The summed E-state index contributed by atoms with van der Waals surface area (Å²) in [6.07, 6.45) is 6.04. The molecule has 0 aliphatic heterocycles. The Morgan fingerprint density at radius 2 is 2.05 bits per heavy atom. The van der Waals surface area contributed by atoms with E-state index in [0.29, 0.717) is 11.8 Å². The first-order chi connectivity index (χ1) is 10.3. The van der Waals surface area contributed by atoms with Crippen LogP contribution in [-0.2, 0) is 6.42 Å². The fourth-order valence-electron chi connectivity index (χ4n) is 4.06. The van der Waals surface area contributed by atoms with Crippen molar-refractivity contribution in [1.29, 1.82) is 0 Å². The Kier molecular flexibility index (Phi) is 3.26. The molecule has 1 aromatic heterocycles. The molecule has 2 bridgehead atoms. The second-order valence-electron chi connectivity index (χ2n) is 6.57. The van der Waals surface area contributed by atoms with Crippen LogP contribution in [0.3, 0.4) is 0 Å². The summed E-state index contributed by atoms with van der Waals surface area (Å²) in [6.45, 7) is 0. The highest BCUT2D eigenvalue weighted by atomic mass is 16.5. The van der Waals surface area contributed by atoms with Gasteiger partial charge in [0.1, 0.15) is 0 Å². The standard InChI is InChI=1S/C17H21N3O/c18-15(10-11-4-2-1-3-5-11)17-19-16(20-21-17)14-9-12-6-7-13(14)8-12/h1-5,12-15H,6-10,18H2/t12?,13?,14?,15-/m0/s1. The molecule has 2 fully saturated rings. The van der Waals surface area contributed by atoms with E-state index in [2.05, 4.69) is 22.3 Å². The number of benzene rings is 1. The molecule has 0 amide bonds. The lowest BCUT2D eigenvalue weighted by Crippen LogP contribution is -2.14. The summed E-state index contributed by atoms with van der Waals surface area (Å²) in [7, 11) is 0. The molecule has 4 rings (SSSR count). The van der Waals surface area contributed by atoms with E-state index in [9.17, 15) is 0 Å². The quantitative estimate of drug-likeness (QED) is 0.935. The fourth-order valence-corrected chi connectivity index (χ4v) is 4.06. The molecular formula is C17H21N3O. The highest BCUT2D eigenvalue weighted by Crippen LogP contribution is 2.52. The molecule has 2 saturated carbocycles. The Morgan fingerprint density at radius 3 is 2.76 bits per heavy atom. The van der Waals surface area contributed by atoms with E-state index in [4.69, 9.17) is 10.3 Å². The summed E-state index contributed by atoms with van der Waals surface area (Å²) >= 11 is 0. The van der Waals surface area contributed by atoms with Crippen LogP contribution in [0.25, 0.3) is 0 Å². The van der Waals surface area contributed by atoms with E-state index in [-0.39, 0.29) is 6.04 Å². The molecule has 0 radical (unpaired) electrons.